The third kappa shape index (κ3) is 1.63. The predicted molar refractivity (Wildman–Crippen MR) is 57.0 cm³/mol. The number of hydrogen-bond acceptors (Lipinski definition) is 1. The smallest absolute Gasteiger partial charge is 0.0847 e. The first kappa shape index (κ1) is 10.7. The molecule has 1 nitrogen and oxygen atoms in total. The molecule has 1 rings (SSSR count). The lowest BCUT2D eigenvalue weighted by molar-refractivity contribution is 0.438. The number of aliphatic hydroxyl groups excluding tert-OH is 1. The van der Waals surface area contributed by atoms with Crippen LogP contribution >= 0.6 is 23.2 Å². The van der Waals surface area contributed by atoms with Crippen LogP contribution in [0.4, 0.5) is 0 Å². The minimum Gasteiger partial charge on any atom is -0.515 e. The summed E-state index contributed by atoms with van der Waals surface area (Å²) in [7, 11) is 0. The molecule has 0 radical (unpaired) electrons. The van der Waals surface area contributed by atoms with Gasteiger partial charge >= 0.3 is 0 Å². The van der Waals surface area contributed by atoms with Crippen LogP contribution in [0.25, 0.3) is 0 Å². The van der Waals surface area contributed by atoms with Gasteiger partial charge in [0.15, 0.2) is 0 Å². The van der Waals surface area contributed by atoms with E-state index >= 15 is 0 Å². The molecule has 0 unspecified atom stereocenters. The van der Waals surface area contributed by atoms with Crippen molar-refractivity contribution in [2.75, 3.05) is 0 Å². The number of aliphatic hydroxyl groups is 1. The Morgan fingerprint density at radius 2 is 1.92 bits per heavy atom. The summed E-state index contributed by atoms with van der Waals surface area (Å²) < 4.78 is 0. The maximum absolute atomic E-state index is 9.05. The molecule has 1 N–H and O–H groups in total. The maximum Gasteiger partial charge on any atom is 0.0847 e. The molecule has 13 heavy (non-hydrogen) atoms. The van der Waals surface area contributed by atoms with Gasteiger partial charge in [-0.1, -0.05) is 37.0 Å². The molecule has 0 fully saturated rings. The van der Waals surface area contributed by atoms with Crippen LogP contribution in [0.3, 0.4) is 0 Å². The molecule has 0 spiro atoms. The van der Waals surface area contributed by atoms with Gasteiger partial charge in [-0.25, -0.2) is 0 Å². The van der Waals surface area contributed by atoms with Crippen LogP contribution in [-0.2, 0) is 0 Å². The van der Waals surface area contributed by atoms with Crippen molar-refractivity contribution in [3.8, 4) is 0 Å². The van der Waals surface area contributed by atoms with Crippen molar-refractivity contribution >= 4 is 23.2 Å². The van der Waals surface area contributed by atoms with Crippen molar-refractivity contribution in [3.63, 3.8) is 0 Å². The molecule has 0 saturated heterocycles. The van der Waals surface area contributed by atoms with Crippen molar-refractivity contribution in [3.05, 3.63) is 33.5 Å². The average molecular weight is 219 g/mol. The molecular weight excluding hydrogens is 207 g/mol. The lowest BCUT2D eigenvalue weighted by atomic mass is 9.75. The molecule has 0 aromatic heterocycles. The van der Waals surface area contributed by atoms with Crippen LogP contribution in [-0.4, -0.2) is 5.11 Å². The van der Waals surface area contributed by atoms with Crippen LogP contribution in [0.15, 0.2) is 33.5 Å². The summed E-state index contributed by atoms with van der Waals surface area (Å²) in [6.07, 6.45) is 2.71. The van der Waals surface area contributed by atoms with Crippen LogP contribution in [0, 0.1) is 5.41 Å². The van der Waals surface area contributed by atoms with Gasteiger partial charge < -0.3 is 5.11 Å². The van der Waals surface area contributed by atoms with Crippen molar-refractivity contribution in [1.82, 2.24) is 0 Å². The highest BCUT2D eigenvalue weighted by molar-refractivity contribution is 6.36. The van der Waals surface area contributed by atoms with Crippen LogP contribution < -0.4 is 0 Å². The highest BCUT2D eigenvalue weighted by Gasteiger charge is 2.32. The Hall–Kier alpha value is -0.400. The van der Waals surface area contributed by atoms with Crippen LogP contribution in [0.2, 0.25) is 0 Å². The first-order valence-corrected chi connectivity index (χ1v) is 4.76. The predicted octanol–water partition coefficient (Wildman–Crippen LogP) is 4.10. The molecule has 0 bridgehead atoms. The van der Waals surface area contributed by atoms with E-state index in [1.807, 2.05) is 20.8 Å². The molecule has 1 aliphatic carbocycles. The second-order valence-corrected chi connectivity index (χ2v) is 4.45. The molecule has 0 aliphatic heterocycles. The van der Waals surface area contributed by atoms with E-state index in [-0.39, 0.29) is 5.41 Å². The van der Waals surface area contributed by atoms with E-state index in [9.17, 15) is 0 Å². The Morgan fingerprint density at radius 1 is 1.38 bits per heavy atom. The summed E-state index contributed by atoms with van der Waals surface area (Å²) in [6, 6.07) is 0. The Balaban J connectivity index is 3.33. The number of allylic oxidation sites excluding steroid dienone is 5. The fourth-order valence-electron chi connectivity index (χ4n) is 1.32. The van der Waals surface area contributed by atoms with Gasteiger partial charge in [-0.05, 0) is 18.6 Å². The quantitative estimate of drug-likeness (QED) is 0.608. The maximum atomic E-state index is 9.05. The standard InChI is InChI=1S/C10H12Cl2O/c1-6-8(11)4-9(12)7(5-13)10(6,2)3/h4-5,13H,1-3H3/b7-5+. The average Bonchev–Trinajstić information content (AvgIpc) is 2.01. The second kappa shape index (κ2) is 3.39. The fraction of sp³-hybridized carbons (Fsp3) is 0.400. The summed E-state index contributed by atoms with van der Waals surface area (Å²) in [4.78, 5) is 0. The molecular formula is C10H12Cl2O. The van der Waals surface area contributed by atoms with Crippen molar-refractivity contribution in [1.29, 1.82) is 0 Å². The number of rotatable bonds is 0. The van der Waals surface area contributed by atoms with E-state index in [1.165, 1.54) is 0 Å². The molecule has 0 heterocycles. The van der Waals surface area contributed by atoms with E-state index in [0.717, 1.165) is 11.8 Å². The number of halogens is 2. The summed E-state index contributed by atoms with van der Waals surface area (Å²) >= 11 is 11.9. The van der Waals surface area contributed by atoms with E-state index in [0.29, 0.717) is 15.6 Å². The molecule has 0 atom stereocenters. The Labute approximate surface area is 88.3 Å². The molecule has 0 saturated carbocycles. The minimum atomic E-state index is -0.294. The van der Waals surface area contributed by atoms with Gasteiger partial charge in [0.2, 0.25) is 0 Å². The first-order chi connectivity index (χ1) is 5.91. The van der Waals surface area contributed by atoms with Gasteiger partial charge in [0, 0.05) is 21.1 Å². The molecule has 0 aromatic carbocycles. The zero-order valence-electron chi connectivity index (χ0n) is 7.86. The molecule has 0 amide bonds. The van der Waals surface area contributed by atoms with Gasteiger partial charge in [0.05, 0.1) is 6.26 Å². The molecule has 1 aliphatic rings. The van der Waals surface area contributed by atoms with Gasteiger partial charge in [-0.15, -0.1) is 0 Å². The van der Waals surface area contributed by atoms with Crippen molar-refractivity contribution in [2.24, 2.45) is 5.41 Å². The Kier molecular flexibility index (Phi) is 2.79. The summed E-state index contributed by atoms with van der Waals surface area (Å²) in [5, 5.41) is 10.2. The Bertz CT molecular complexity index is 318. The Morgan fingerprint density at radius 3 is 2.38 bits per heavy atom. The third-order valence-electron chi connectivity index (χ3n) is 2.61. The SMILES string of the molecule is CC1=C(Cl)C=C(Cl)/C(=C\O)C1(C)C. The monoisotopic (exact) mass is 218 g/mol. The van der Waals surface area contributed by atoms with E-state index in [4.69, 9.17) is 28.3 Å². The van der Waals surface area contributed by atoms with Gasteiger partial charge in [0.25, 0.3) is 0 Å². The van der Waals surface area contributed by atoms with Crippen LogP contribution in [0.1, 0.15) is 20.8 Å². The minimum absolute atomic E-state index is 0.294. The van der Waals surface area contributed by atoms with E-state index < -0.39 is 0 Å². The largest absolute Gasteiger partial charge is 0.515 e. The molecule has 3 heteroatoms. The third-order valence-corrected chi connectivity index (χ3v) is 3.31. The lowest BCUT2D eigenvalue weighted by Crippen LogP contribution is -2.20. The molecule has 72 valence electrons. The number of hydrogen-bond donors (Lipinski definition) is 1. The van der Waals surface area contributed by atoms with Gasteiger partial charge in [-0.3, -0.25) is 0 Å². The summed E-state index contributed by atoms with van der Waals surface area (Å²) in [5.74, 6) is 0. The summed E-state index contributed by atoms with van der Waals surface area (Å²) in [6.45, 7) is 5.88. The lowest BCUT2D eigenvalue weighted by Gasteiger charge is -2.32. The summed E-state index contributed by atoms with van der Waals surface area (Å²) in [5.41, 5.74) is 1.42. The van der Waals surface area contributed by atoms with Crippen molar-refractivity contribution < 1.29 is 5.11 Å². The van der Waals surface area contributed by atoms with Crippen LogP contribution in [0.5, 0.6) is 0 Å². The second-order valence-electron chi connectivity index (χ2n) is 3.63. The molecule has 0 aromatic rings. The zero-order valence-corrected chi connectivity index (χ0v) is 9.37. The van der Waals surface area contributed by atoms with E-state index in [2.05, 4.69) is 0 Å². The zero-order chi connectivity index (χ0) is 10.2. The topological polar surface area (TPSA) is 20.2 Å². The van der Waals surface area contributed by atoms with E-state index in [1.54, 1.807) is 6.08 Å². The fourth-order valence-corrected chi connectivity index (χ4v) is 2.11. The van der Waals surface area contributed by atoms with Gasteiger partial charge in [0.1, 0.15) is 0 Å². The van der Waals surface area contributed by atoms with Gasteiger partial charge in [-0.2, -0.15) is 0 Å². The highest BCUT2D eigenvalue weighted by atomic mass is 35.5. The van der Waals surface area contributed by atoms with Crippen molar-refractivity contribution in [2.45, 2.75) is 20.8 Å². The normalized spacial score (nSPS) is 25.0. The highest BCUT2D eigenvalue weighted by Crippen LogP contribution is 2.45. The first-order valence-electron chi connectivity index (χ1n) is 4.00.